The quantitative estimate of drug-likeness (QED) is 0.565. The van der Waals surface area contributed by atoms with Crippen LogP contribution in [0.2, 0.25) is 0 Å². The van der Waals surface area contributed by atoms with E-state index in [0.29, 0.717) is 18.8 Å². The molecule has 1 aliphatic heterocycles. The van der Waals surface area contributed by atoms with Crippen LogP contribution >= 0.6 is 0 Å². The van der Waals surface area contributed by atoms with Crippen LogP contribution in [-0.2, 0) is 26.6 Å². The number of H-pyrrole nitrogens is 1. The average Bonchev–Trinajstić information content (AvgIpc) is 3.52. The molecule has 0 fully saturated rings. The average molecular weight is 402 g/mol. The Morgan fingerprint density at radius 1 is 1.23 bits per heavy atom. The van der Waals surface area contributed by atoms with Gasteiger partial charge in [0.2, 0.25) is 0 Å². The van der Waals surface area contributed by atoms with Crippen LogP contribution in [0.5, 0.6) is 0 Å². The zero-order chi connectivity index (χ0) is 20.7. The molecule has 0 saturated heterocycles. The Labute approximate surface area is 173 Å². The molecule has 1 aromatic carbocycles. The van der Waals surface area contributed by atoms with Gasteiger partial charge in [-0.3, -0.25) is 14.6 Å². The molecule has 0 bridgehead atoms. The number of nitrogens with zero attached hydrogens (tertiary/aromatic N) is 7. The van der Waals surface area contributed by atoms with Crippen LogP contribution in [0.25, 0.3) is 22.8 Å². The van der Waals surface area contributed by atoms with Crippen molar-refractivity contribution < 1.29 is 4.79 Å². The van der Waals surface area contributed by atoms with Crippen LogP contribution < -0.4 is 0 Å². The van der Waals surface area contributed by atoms with Gasteiger partial charge in [-0.1, -0.05) is 30.3 Å². The highest BCUT2D eigenvalue weighted by molar-refractivity contribution is 5.93. The molecule has 30 heavy (non-hydrogen) atoms. The maximum absolute atomic E-state index is 13.2. The lowest BCUT2D eigenvalue weighted by Gasteiger charge is -2.27. The van der Waals surface area contributed by atoms with E-state index < -0.39 is 0 Å². The number of benzene rings is 1. The Kier molecular flexibility index (Phi) is 4.42. The maximum atomic E-state index is 13.2. The smallest absolute Gasteiger partial charge is 0.272 e. The van der Waals surface area contributed by atoms with Crippen molar-refractivity contribution in [3.8, 4) is 22.8 Å². The molecule has 0 spiro atoms. The molecule has 152 valence electrons. The van der Waals surface area contributed by atoms with Crippen molar-refractivity contribution in [3.05, 3.63) is 59.7 Å². The molecule has 1 N–H and O–H groups in total. The minimum absolute atomic E-state index is 0.0675. The van der Waals surface area contributed by atoms with Gasteiger partial charge in [-0.05, 0) is 13.0 Å². The van der Waals surface area contributed by atoms with E-state index in [1.54, 1.807) is 6.33 Å². The van der Waals surface area contributed by atoms with Crippen LogP contribution in [-0.4, -0.2) is 52.1 Å². The second-order valence-corrected chi connectivity index (χ2v) is 7.35. The molecule has 0 atom stereocenters. The fraction of sp³-hybridized carbons (Fsp3) is 0.286. The molecule has 3 aromatic heterocycles. The van der Waals surface area contributed by atoms with Gasteiger partial charge in [0.05, 0.1) is 12.2 Å². The van der Waals surface area contributed by atoms with Crippen LogP contribution in [0.1, 0.15) is 28.7 Å². The fourth-order valence-corrected chi connectivity index (χ4v) is 3.97. The summed E-state index contributed by atoms with van der Waals surface area (Å²) in [6.45, 7) is 3.91. The number of carbonyl (C=O) groups is 1. The minimum atomic E-state index is -0.0675. The van der Waals surface area contributed by atoms with Gasteiger partial charge in [0.15, 0.2) is 5.82 Å². The van der Waals surface area contributed by atoms with E-state index in [9.17, 15) is 4.79 Å². The second-order valence-electron chi connectivity index (χ2n) is 7.35. The highest BCUT2D eigenvalue weighted by atomic mass is 16.2. The van der Waals surface area contributed by atoms with Crippen molar-refractivity contribution in [2.24, 2.45) is 7.05 Å². The molecule has 0 unspecified atom stereocenters. The van der Waals surface area contributed by atoms with Crippen molar-refractivity contribution in [2.45, 2.75) is 26.4 Å². The number of nitrogens with one attached hydrogen (secondary N) is 1. The molecule has 0 saturated carbocycles. The number of carbonyl (C=O) groups excluding carboxylic acids is 1. The summed E-state index contributed by atoms with van der Waals surface area (Å²) in [5, 5.41) is 20.2. The SMILES string of the molecule is CCn1cnnc1-c1nn(C)c2c1CN(C(=O)c1cc(-c3ccccc3)n[nH]1)CC2. The van der Waals surface area contributed by atoms with E-state index in [0.717, 1.165) is 47.0 Å². The predicted molar refractivity (Wildman–Crippen MR) is 110 cm³/mol. The van der Waals surface area contributed by atoms with Crippen molar-refractivity contribution in [3.63, 3.8) is 0 Å². The lowest BCUT2D eigenvalue weighted by molar-refractivity contribution is 0.0727. The number of aromatic amines is 1. The summed E-state index contributed by atoms with van der Waals surface area (Å²) in [6, 6.07) is 11.6. The first-order chi connectivity index (χ1) is 14.7. The van der Waals surface area contributed by atoms with Gasteiger partial charge in [-0.25, -0.2) is 0 Å². The first-order valence-electron chi connectivity index (χ1n) is 9.98. The van der Waals surface area contributed by atoms with Gasteiger partial charge >= 0.3 is 0 Å². The molecule has 0 aliphatic carbocycles. The van der Waals surface area contributed by atoms with Crippen molar-refractivity contribution in [2.75, 3.05) is 6.54 Å². The molecule has 1 aliphatic rings. The minimum Gasteiger partial charge on any atom is -0.332 e. The third-order valence-corrected chi connectivity index (χ3v) is 5.58. The number of amides is 1. The van der Waals surface area contributed by atoms with Gasteiger partial charge < -0.3 is 9.47 Å². The second kappa shape index (κ2) is 7.25. The number of aryl methyl sites for hydroxylation is 2. The standard InChI is InChI=1S/C21H22N8O/c1-3-28-13-22-25-20(28)19-15-12-29(10-9-18(15)27(2)26-19)21(30)17-11-16(23-24-17)14-7-5-4-6-8-14/h4-8,11,13H,3,9-10,12H2,1-2H3,(H,23,24). The zero-order valence-electron chi connectivity index (χ0n) is 16.9. The first-order valence-corrected chi connectivity index (χ1v) is 9.98. The molecule has 9 nitrogen and oxygen atoms in total. The number of hydrogen-bond acceptors (Lipinski definition) is 5. The van der Waals surface area contributed by atoms with Crippen LogP contribution in [0, 0.1) is 0 Å². The summed E-state index contributed by atoms with van der Waals surface area (Å²) in [5.41, 5.74) is 5.17. The number of fused-ring (bicyclic) bond motifs is 1. The molecule has 5 rings (SSSR count). The normalized spacial score (nSPS) is 13.5. The number of aromatic nitrogens is 7. The van der Waals surface area contributed by atoms with Crippen LogP contribution in [0.4, 0.5) is 0 Å². The summed E-state index contributed by atoms with van der Waals surface area (Å²) in [4.78, 5) is 15.0. The third-order valence-electron chi connectivity index (χ3n) is 5.58. The van der Waals surface area contributed by atoms with Gasteiger partial charge in [0, 0.05) is 43.4 Å². The number of hydrogen-bond donors (Lipinski definition) is 1. The first kappa shape index (κ1) is 18.3. The van der Waals surface area contributed by atoms with E-state index >= 15 is 0 Å². The van der Waals surface area contributed by atoms with E-state index in [1.807, 2.05) is 64.5 Å². The molecular weight excluding hydrogens is 380 g/mol. The summed E-state index contributed by atoms with van der Waals surface area (Å²) in [6.07, 6.45) is 2.45. The topological polar surface area (TPSA) is 97.5 Å². The Hall–Kier alpha value is -3.75. The summed E-state index contributed by atoms with van der Waals surface area (Å²) < 4.78 is 3.86. The molecule has 9 heteroatoms. The van der Waals surface area contributed by atoms with Gasteiger partial charge in [0.1, 0.15) is 17.7 Å². The Bertz CT molecular complexity index is 1200. The van der Waals surface area contributed by atoms with Gasteiger partial charge in [-0.15, -0.1) is 10.2 Å². The van der Waals surface area contributed by atoms with Crippen LogP contribution in [0.15, 0.2) is 42.7 Å². The summed E-state index contributed by atoms with van der Waals surface area (Å²) in [7, 11) is 1.94. The predicted octanol–water partition coefficient (Wildman–Crippen LogP) is 2.29. The molecule has 4 aromatic rings. The van der Waals surface area contributed by atoms with Crippen molar-refractivity contribution in [1.29, 1.82) is 0 Å². The lowest BCUT2D eigenvalue weighted by atomic mass is 10.0. The van der Waals surface area contributed by atoms with E-state index in [-0.39, 0.29) is 5.91 Å². The van der Waals surface area contributed by atoms with E-state index in [2.05, 4.69) is 25.5 Å². The monoisotopic (exact) mass is 402 g/mol. The lowest BCUT2D eigenvalue weighted by Crippen LogP contribution is -2.36. The highest BCUT2D eigenvalue weighted by Crippen LogP contribution is 2.29. The Morgan fingerprint density at radius 2 is 2.07 bits per heavy atom. The Morgan fingerprint density at radius 3 is 2.87 bits per heavy atom. The largest absolute Gasteiger partial charge is 0.332 e. The molecular formula is C21H22N8O. The highest BCUT2D eigenvalue weighted by Gasteiger charge is 2.30. The van der Waals surface area contributed by atoms with Crippen molar-refractivity contribution in [1.82, 2.24) is 39.6 Å². The number of rotatable bonds is 4. The van der Waals surface area contributed by atoms with Gasteiger partial charge in [-0.2, -0.15) is 10.2 Å². The third kappa shape index (κ3) is 2.99. The molecule has 0 radical (unpaired) electrons. The molecule has 1 amide bonds. The zero-order valence-corrected chi connectivity index (χ0v) is 16.9. The van der Waals surface area contributed by atoms with Crippen molar-refractivity contribution >= 4 is 5.91 Å². The fourth-order valence-electron chi connectivity index (χ4n) is 3.97. The molecule has 4 heterocycles. The summed E-state index contributed by atoms with van der Waals surface area (Å²) in [5.74, 6) is 0.665. The Balaban J connectivity index is 1.43. The maximum Gasteiger partial charge on any atom is 0.272 e. The van der Waals surface area contributed by atoms with E-state index in [4.69, 9.17) is 0 Å². The summed E-state index contributed by atoms with van der Waals surface area (Å²) >= 11 is 0. The van der Waals surface area contributed by atoms with Crippen LogP contribution in [0.3, 0.4) is 0 Å². The van der Waals surface area contributed by atoms with Gasteiger partial charge in [0.25, 0.3) is 5.91 Å². The van der Waals surface area contributed by atoms with E-state index in [1.165, 1.54) is 0 Å².